The van der Waals surface area contributed by atoms with Crippen LogP contribution in [-0.4, -0.2) is 17.9 Å². The lowest BCUT2D eigenvalue weighted by Crippen LogP contribution is -2.28. The Kier molecular flexibility index (Phi) is 4.52. The molecule has 2 aromatic heterocycles. The summed E-state index contributed by atoms with van der Waals surface area (Å²) in [6.45, 7) is 2.06. The molecule has 2 rings (SSSR count). The molecule has 0 aliphatic carbocycles. The standard InChI is InChI=1S/C14H17N3OS/c1-3-10(12-7-5-9-19-12)17-14(18)11-6-4-8-13(15-2)16-11/h4-10H,3H2,1-2H3,(H,15,16)(H,17,18). The Balaban J connectivity index is 2.11. The highest BCUT2D eigenvalue weighted by molar-refractivity contribution is 7.10. The van der Waals surface area contributed by atoms with Gasteiger partial charge < -0.3 is 10.6 Å². The maximum atomic E-state index is 12.2. The summed E-state index contributed by atoms with van der Waals surface area (Å²) in [5.74, 6) is 0.550. The average Bonchev–Trinajstić information content (AvgIpc) is 2.98. The van der Waals surface area contributed by atoms with Crippen LogP contribution < -0.4 is 10.6 Å². The van der Waals surface area contributed by atoms with Crippen molar-refractivity contribution in [3.8, 4) is 0 Å². The Morgan fingerprint density at radius 1 is 1.37 bits per heavy atom. The Morgan fingerprint density at radius 3 is 2.84 bits per heavy atom. The summed E-state index contributed by atoms with van der Waals surface area (Å²) in [4.78, 5) is 17.6. The Hall–Kier alpha value is -1.88. The molecule has 2 N–H and O–H groups in total. The normalized spacial score (nSPS) is 11.9. The first kappa shape index (κ1) is 13.5. The molecule has 0 spiro atoms. The molecule has 4 nitrogen and oxygen atoms in total. The van der Waals surface area contributed by atoms with E-state index >= 15 is 0 Å². The number of pyridine rings is 1. The summed E-state index contributed by atoms with van der Waals surface area (Å²) >= 11 is 1.65. The van der Waals surface area contributed by atoms with Crippen LogP contribution in [0.1, 0.15) is 34.8 Å². The molecule has 19 heavy (non-hydrogen) atoms. The van der Waals surface area contributed by atoms with E-state index in [9.17, 15) is 4.79 Å². The van der Waals surface area contributed by atoms with Gasteiger partial charge in [-0.3, -0.25) is 4.79 Å². The second kappa shape index (κ2) is 6.33. The molecule has 2 heterocycles. The first-order valence-corrected chi connectivity index (χ1v) is 7.11. The molecule has 1 amide bonds. The van der Waals surface area contributed by atoms with E-state index in [2.05, 4.69) is 22.5 Å². The van der Waals surface area contributed by atoms with Crippen LogP contribution in [0.4, 0.5) is 5.82 Å². The Bertz CT molecular complexity index is 539. The lowest BCUT2D eigenvalue weighted by atomic mass is 10.2. The summed E-state index contributed by atoms with van der Waals surface area (Å²) in [7, 11) is 1.78. The fourth-order valence-corrected chi connectivity index (χ4v) is 2.66. The minimum Gasteiger partial charge on any atom is -0.373 e. The largest absolute Gasteiger partial charge is 0.373 e. The van der Waals surface area contributed by atoms with E-state index in [0.717, 1.165) is 6.42 Å². The second-order valence-electron chi connectivity index (χ2n) is 4.11. The van der Waals surface area contributed by atoms with Crippen molar-refractivity contribution in [2.75, 3.05) is 12.4 Å². The van der Waals surface area contributed by atoms with Crippen LogP contribution in [0.25, 0.3) is 0 Å². The molecule has 2 aromatic rings. The number of hydrogen-bond donors (Lipinski definition) is 2. The van der Waals surface area contributed by atoms with Crippen LogP contribution in [0.3, 0.4) is 0 Å². The average molecular weight is 275 g/mol. The zero-order valence-electron chi connectivity index (χ0n) is 11.0. The van der Waals surface area contributed by atoms with E-state index < -0.39 is 0 Å². The topological polar surface area (TPSA) is 54.0 Å². The number of thiophene rings is 1. The van der Waals surface area contributed by atoms with Gasteiger partial charge in [-0.15, -0.1) is 11.3 Å². The molecule has 0 aromatic carbocycles. The molecule has 100 valence electrons. The van der Waals surface area contributed by atoms with Gasteiger partial charge in [-0.05, 0) is 30.0 Å². The van der Waals surface area contributed by atoms with Gasteiger partial charge >= 0.3 is 0 Å². The number of amides is 1. The third kappa shape index (κ3) is 3.32. The van der Waals surface area contributed by atoms with Gasteiger partial charge in [0.15, 0.2) is 0 Å². The zero-order chi connectivity index (χ0) is 13.7. The number of anilines is 1. The third-order valence-electron chi connectivity index (χ3n) is 2.84. The first-order valence-electron chi connectivity index (χ1n) is 6.23. The molecule has 0 fully saturated rings. The lowest BCUT2D eigenvalue weighted by Gasteiger charge is -2.15. The molecule has 0 radical (unpaired) electrons. The SMILES string of the molecule is CCC(NC(=O)c1cccc(NC)n1)c1cccs1. The van der Waals surface area contributed by atoms with Crippen molar-refractivity contribution in [2.24, 2.45) is 0 Å². The smallest absolute Gasteiger partial charge is 0.270 e. The molecular weight excluding hydrogens is 258 g/mol. The van der Waals surface area contributed by atoms with Gasteiger partial charge in [0.25, 0.3) is 5.91 Å². The predicted octanol–water partition coefficient (Wildman–Crippen LogP) is 3.07. The monoisotopic (exact) mass is 275 g/mol. The highest BCUT2D eigenvalue weighted by atomic mass is 32.1. The summed E-state index contributed by atoms with van der Waals surface area (Å²) in [5, 5.41) is 7.96. The Morgan fingerprint density at radius 2 is 2.21 bits per heavy atom. The van der Waals surface area contributed by atoms with Gasteiger partial charge in [0.1, 0.15) is 11.5 Å². The van der Waals surface area contributed by atoms with Crippen LogP contribution in [0.5, 0.6) is 0 Å². The van der Waals surface area contributed by atoms with E-state index in [-0.39, 0.29) is 11.9 Å². The number of aromatic nitrogens is 1. The van der Waals surface area contributed by atoms with Crippen molar-refractivity contribution in [3.05, 3.63) is 46.3 Å². The zero-order valence-corrected chi connectivity index (χ0v) is 11.8. The van der Waals surface area contributed by atoms with Crippen LogP contribution in [0.2, 0.25) is 0 Å². The number of nitrogens with one attached hydrogen (secondary N) is 2. The highest BCUT2D eigenvalue weighted by Crippen LogP contribution is 2.22. The van der Waals surface area contributed by atoms with Gasteiger partial charge in [0.2, 0.25) is 0 Å². The van der Waals surface area contributed by atoms with Crippen LogP contribution in [0.15, 0.2) is 35.7 Å². The Labute approximate surface area is 116 Å². The van der Waals surface area contributed by atoms with Gasteiger partial charge in [0, 0.05) is 11.9 Å². The molecule has 0 saturated carbocycles. The third-order valence-corrected chi connectivity index (χ3v) is 3.82. The summed E-state index contributed by atoms with van der Waals surface area (Å²) in [5.41, 5.74) is 0.432. The summed E-state index contributed by atoms with van der Waals surface area (Å²) < 4.78 is 0. The molecule has 0 aliphatic rings. The quantitative estimate of drug-likeness (QED) is 0.881. The van der Waals surface area contributed by atoms with E-state index in [4.69, 9.17) is 0 Å². The molecule has 1 unspecified atom stereocenters. The second-order valence-corrected chi connectivity index (χ2v) is 5.09. The van der Waals surface area contributed by atoms with Crippen LogP contribution >= 0.6 is 11.3 Å². The lowest BCUT2D eigenvalue weighted by molar-refractivity contribution is 0.0931. The molecule has 0 saturated heterocycles. The number of hydrogen-bond acceptors (Lipinski definition) is 4. The minimum absolute atomic E-state index is 0.0486. The first-order chi connectivity index (χ1) is 9.24. The maximum Gasteiger partial charge on any atom is 0.270 e. The van der Waals surface area contributed by atoms with Crippen LogP contribution in [-0.2, 0) is 0 Å². The van der Waals surface area contributed by atoms with Gasteiger partial charge in [-0.25, -0.2) is 4.98 Å². The van der Waals surface area contributed by atoms with E-state index in [1.807, 2.05) is 29.6 Å². The number of carbonyl (C=O) groups excluding carboxylic acids is 1. The number of carbonyl (C=O) groups is 1. The highest BCUT2D eigenvalue weighted by Gasteiger charge is 2.15. The van der Waals surface area contributed by atoms with Crippen molar-refractivity contribution in [1.29, 1.82) is 0 Å². The molecular formula is C14H17N3OS. The molecule has 1 atom stereocenters. The van der Waals surface area contributed by atoms with Gasteiger partial charge in [-0.2, -0.15) is 0 Å². The van der Waals surface area contributed by atoms with Crippen molar-refractivity contribution >= 4 is 23.1 Å². The predicted molar refractivity (Wildman–Crippen MR) is 78.6 cm³/mol. The summed E-state index contributed by atoms with van der Waals surface area (Å²) in [6.07, 6.45) is 0.859. The van der Waals surface area contributed by atoms with Crippen molar-refractivity contribution in [2.45, 2.75) is 19.4 Å². The molecule has 0 aliphatic heterocycles. The van der Waals surface area contributed by atoms with Gasteiger partial charge in [0.05, 0.1) is 6.04 Å². The molecule has 5 heteroatoms. The van der Waals surface area contributed by atoms with E-state index in [0.29, 0.717) is 11.5 Å². The van der Waals surface area contributed by atoms with Crippen LogP contribution in [0, 0.1) is 0 Å². The number of rotatable bonds is 5. The number of nitrogens with zero attached hydrogens (tertiary/aromatic N) is 1. The van der Waals surface area contributed by atoms with Crippen molar-refractivity contribution in [1.82, 2.24) is 10.3 Å². The van der Waals surface area contributed by atoms with E-state index in [1.165, 1.54) is 4.88 Å². The van der Waals surface area contributed by atoms with Crippen molar-refractivity contribution in [3.63, 3.8) is 0 Å². The summed E-state index contributed by atoms with van der Waals surface area (Å²) in [6, 6.07) is 9.45. The minimum atomic E-state index is -0.141. The fourth-order valence-electron chi connectivity index (χ4n) is 1.80. The molecule has 0 bridgehead atoms. The van der Waals surface area contributed by atoms with Crippen molar-refractivity contribution < 1.29 is 4.79 Å². The van der Waals surface area contributed by atoms with Gasteiger partial charge in [-0.1, -0.05) is 19.1 Å². The van der Waals surface area contributed by atoms with E-state index in [1.54, 1.807) is 24.5 Å². The fraction of sp³-hybridized carbons (Fsp3) is 0.286. The maximum absolute atomic E-state index is 12.2.